The van der Waals surface area contributed by atoms with Crippen LogP contribution >= 0.6 is 15.9 Å². The summed E-state index contributed by atoms with van der Waals surface area (Å²) in [5.41, 5.74) is 0.286. The highest BCUT2D eigenvalue weighted by Gasteiger charge is 2.27. The van der Waals surface area contributed by atoms with E-state index in [-0.39, 0.29) is 24.1 Å². The van der Waals surface area contributed by atoms with Crippen molar-refractivity contribution in [3.05, 3.63) is 34.1 Å². The molecule has 1 aliphatic rings. The van der Waals surface area contributed by atoms with Crippen molar-refractivity contribution in [2.75, 3.05) is 6.54 Å². The Morgan fingerprint density at radius 2 is 2.11 bits per heavy atom. The highest BCUT2D eigenvalue weighted by molar-refractivity contribution is 9.10. The Morgan fingerprint density at radius 3 is 2.68 bits per heavy atom. The molecule has 1 aliphatic carbocycles. The van der Waals surface area contributed by atoms with Gasteiger partial charge in [0.15, 0.2) is 0 Å². The first kappa shape index (κ1) is 14.0. The SMILES string of the molecule is N#CCN(C(=O)c1cc(F)cc(Br)c1)C1CCCC1. The minimum atomic E-state index is -0.457. The van der Waals surface area contributed by atoms with E-state index < -0.39 is 5.82 Å². The summed E-state index contributed by atoms with van der Waals surface area (Å²) in [5.74, 6) is -0.727. The topological polar surface area (TPSA) is 44.1 Å². The van der Waals surface area contributed by atoms with E-state index in [4.69, 9.17) is 5.26 Å². The first-order valence-electron chi connectivity index (χ1n) is 6.26. The van der Waals surface area contributed by atoms with Gasteiger partial charge in [0.2, 0.25) is 0 Å². The molecule has 0 radical (unpaired) electrons. The molecule has 3 nitrogen and oxygen atoms in total. The third-order valence-corrected chi connectivity index (χ3v) is 3.83. The molecule has 0 aliphatic heterocycles. The van der Waals surface area contributed by atoms with Crippen molar-refractivity contribution in [3.8, 4) is 6.07 Å². The van der Waals surface area contributed by atoms with Crippen LogP contribution < -0.4 is 0 Å². The number of hydrogen-bond acceptors (Lipinski definition) is 2. The van der Waals surface area contributed by atoms with E-state index >= 15 is 0 Å². The second kappa shape index (κ2) is 6.16. The van der Waals surface area contributed by atoms with Crippen molar-refractivity contribution in [3.63, 3.8) is 0 Å². The van der Waals surface area contributed by atoms with E-state index in [9.17, 15) is 9.18 Å². The summed E-state index contributed by atoms with van der Waals surface area (Å²) in [5, 5.41) is 8.87. The van der Waals surface area contributed by atoms with Crippen molar-refractivity contribution in [2.45, 2.75) is 31.7 Å². The Balaban J connectivity index is 2.25. The van der Waals surface area contributed by atoms with E-state index in [1.165, 1.54) is 12.1 Å². The zero-order valence-corrected chi connectivity index (χ0v) is 12.0. The molecule has 5 heteroatoms. The third-order valence-electron chi connectivity index (χ3n) is 3.38. The van der Waals surface area contributed by atoms with Crippen LogP contribution in [0.2, 0.25) is 0 Å². The Morgan fingerprint density at radius 1 is 1.42 bits per heavy atom. The molecule has 0 bridgehead atoms. The van der Waals surface area contributed by atoms with Crippen LogP contribution in [0.5, 0.6) is 0 Å². The van der Waals surface area contributed by atoms with Crippen molar-refractivity contribution < 1.29 is 9.18 Å². The summed E-state index contributed by atoms with van der Waals surface area (Å²) in [6.45, 7) is 0.0532. The zero-order valence-electron chi connectivity index (χ0n) is 10.4. The van der Waals surface area contributed by atoms with E-state index in [1.54, 1.807) is 11.0 Å². The Bertz CT molecular complexity index is 500. The van der Waals surface area contributed by atoms with Gasteiger partial charge in [-0.25, -0.2) is 4.39 Å². The summed E-state index contributed by atoms with van der Waals surface area (Å²) in [4.78, 5) is 14.0. The van der Waals surface area contributed by atoms with Gasteiger partial charge in [0, 0.05) is 16.1 Å². The van der Waals surface area contributed by atoms with Crippen LogP contribution in [0.25, 0.3) is 0 Å². The van der Waals surface area contributed by atoms with Gasteiger partial charge in [-0.1, -0.05) is 28.8 Å². The molecule has 100 valence electrons. The van der Waals surface area contributed by atoms with Gasteiger partial charge >= 0.3 is 0 Å². The Kier molecular flexibility index (Phi) is 4.54. The molecular weight excluding hydrogens is 311 g/mol. The molecule has 0 N–H and O–H groups in total. The van der Waals surface area contributed by atoms with Gasteiger partial charge in [-0.05, 0) is 31.0 Å². The molecule has 1 fully saturated rings. The number of halogens is 2. The first-order valence-corrected chi connectivity index (χ1v) is 7.05. The van der Waals surface area contributed by atoms with Gasteiger partial charge in [-0.15, -0.1) is 0 Å². The standard InChI is InChI=1S/C14H14BrFN2O/c15-11-7-10(8-12(16)9-11)14(19)18(6-5-17)13-3-1-2-4-13/h7-9,13H,1-4,6H2. The van der Waals surface area contributed by atoms with Gasteiger partial charge in [-0.3, -0.25) is 4.79 Å². The van der Waals surface area contributed by atoms with Crippen LogP contribution in [-0.2, 0) is 0 Å². The van der Waals surface area contributed by atoms with Gasteiger partial charge in [0.05, 0.1) is 6.07 Å². The lowest BCUT2D eigenvalue weighted by Crippen LogP contribution is -2.39. The van der Waals surface area contributed by atoms with E-state index in [0.717, 1.165) is 25.7 Å². The summed E-state index contributed by atoms with van der Waals surface area (Å²) >= 11 is 3.18. The number of rotatable bonds is 3. The first-order chi connectivity index (χ1) is 9.11. The van der Waals surface area contributed by atoms with Crippen LogP contribution in [0.3, 0.4) is 0 Å². The van der Waals surface area contributed by atoms with Crippen LogP contribution in [0.4, 0.5) is 4.39 Å². The number of benzene rings is 1. The number of nitriles is 1. The molecule has 1 saturated carbocycles. The Labute approximate surface area is 120 Å². The average molecular weight is 325 g/mol. The maximum absolute atomic E-state index is 13.3. The Hall–Kier alpha value is -1.41. The predicted molar refractivity (Wildman–Crippen MR) is 73.0 cm³/mol. The number of amides is 1. The van der Waals surface area contributed by atoms with Crippen molar-refractivity contribution in [2.24, 2.45) is 0 Å². The van der Waals surface area contributed by atoms with Gasteiger partial charge in [0.1, 0.15) is 12.4 Å². The zero-order chi connectivity index (χ0) is 13.8. The van der Waals surface area contributed by atoms with Gasteiger partial charge in [0.25, 0.3) is 5.91 Å². The maximum Gasteiger partial charge on any atom is 0.255 e. The van der Waals surface area contributed by atoms with E-state index in [1.807, 2.05) is 6.07 Å². The molecule has 19 heavy (non-hydrogen) atoms. The number of carbonyl (C=O) groups is 1. The lowest BCUT2D eigenvalue weighted by atomic mass is 10.1. The predicted octanol–water partition coefficient (Wildman–Crippen LogP) is 3.50. The smallest absolute Gasteiger partial charge is 0.255 e. The highest BCUT2D eigenvalue weighted by Crippen LogP contribution is 2.25. The monoisotopic (exact) mass is 324 g/mol. The molecule has 1 aromatic rings. The third kappa shape index (κ3) is 3.32. The normalized spacial score (nSPS) is 15.2. The van der Waals surface area contributed by atoms with Crippen molar-refractivity contribution in [1.82, 2.24) is 4.90 Å². The summed E-state index contributed by atoms with van der Waals surface area (Å²) in [6, 6.07) is 6.24. The minimum Gasteiger partial charge on any atom is -0.322 e. The second-order valence-electron chi connectivity index (χ2n) is 4.69. The molecule has 0 aromatic heterocycles. The summed E-state index contributed by atoms with van der Waals surface area (Å²) in [6.07, 6.45) is 3.99. The summed E-state index contributed by atoms with van der Waals surface area (Å²) < 4.78 is 13.9. The van der Waals surface area contributed by atoms with Crippen LogP contribution in [-0.4, -0.2) is 23.4 Å². The molecule has 0 unspecified atom stereocenters. The molecule has 0 spiro atoms. The number of nitrogens with zero attached hydrogens (tertiary/aromatic N) is 2. The lowest BCUT2D eigenvalue weighted by Gasteiger charge is -2.26. The van der Waals surface area contributed by atoms with Crippen LogP contribution in [0.15, 0.2) is 22.7 Å². The molecule has 1 aromatic carbocycles. The number of carbonyl (C=O) groups excluding carboxylic acids is 1. The quantitative estimate of drug-likeness (QED) is 0.799. The largest absolute Gasteiger partial charge is 0.322 e. The van der Waals surface area contributed by atoms with Crippen LogP contribution in [0.1, 0.15) is 36.0 Å². The van der Waals surface area contributed by atoms with Crippen LogP contribution in [0, 0.1) is 17.1 Å². The highest BCUT2D eigenvalue weighted by atomic mass is 79.9. The lowest BCUT2D eigenvalue weighted by molar-refractivity contribution is 0.0709. The van der Waals surface area contributed by atoms with Gasteiger partial charge < -0.3 is 4.90 Å². The minimum absolute atomic E-state index is 0.0532. The van der Waals surface area contributed by atoms with E-state index in [0.29, 0.717) is 4.47 Å². The molecule has 1 amide bonds. The summed E-state index contributed by atoms with van der Waals surface area (Å²) in [7, 11) is 0. The molecule has 0 saturated heterocycles. The van der Waals surface area contributed by atoms with Gasteiger partial charge in [-0.2, -0.15) is 5.26 Å². The molecule has 0 heterocycles. The fraction of sp³-hybridized carbons (Fsp3) is 0.429. The maximum atomic E-state index is 13.3. The molecule has 2 rings (SSSR count). The second-order valence-corrected chi connectivity index (χ2v) is 5.60. The molecule has 0 atom stereocenters. The number of hydrogen-bond donors (Lipinski definition) is 0. The van der Waals surface area contributed by atoms with Crippen molar-refractivity contribution in [1.29, 1.82) is 5.26 Å². The van der Waals surface area contributed by atoms with E-state index in [2.05, 4.69) is 15.9 Å². The van der Waals surface area contributed by atoms with Crippen molar-refractivity contribution >= 4 is 21.8 Å². The fourth-order valence-electron chi connectivity index (χ4n) is 2.50. The molecular formula is C14H14BrFN2O. The average Bonchev–Trinajstić information content (AvgIpc) is 2.87. The fourth-order valence-corrected chi connectivity index (χ4v) is 2.97.